The molecule has 8 heteroatoms. The third-order valence-corrected chi connectivity index (χ3v) is 7.53. The van der Waals surface area contributed by atoms with Gasteiger partial charge >= 0.3 is 0 Å². The van der Waals surface area contributed by atoms with Gasteiger partial charge in [0.05, 0.1) is 26.2 Å². The Hall–Kier alpha value is -1.74. The summed E-state index contributed by atoms with van der Waals surface area (Å²) >= 11 is 1.24. The number of hydrogen-bond acceptors (Lipinski definition) is 4. The summed E-state index contributed by atoms with van der Waals surface area (Å²) in [5, 5.41) is 4.69. The van der Waals surface area contributed by atoms with Crippen LogP contribution in [0.2, 0.25) is 0 Å². The van der Waals surface area contributed by atoms with Gasteiger partial charge in [0.2, 0.25) is 0 Å². The van der Waals surface area contributed by atoms with E-state index in [4.69, 9.17) is 0 Å². The highest BCUT2D eigenvalue weighted by molar-refractivity contribution is 7.91. The Morgan fingerprint density at radius 3 is 2.48 bits per heavy atom. The Morgan fingerprint density at radius 2 is 1.84 bits per heavy atom. The van der Waals surface area contributed by atoms with Crippen LogP contribution in [0.4, 0.5) is 0 Å². The van der Waals surface area contributed by atoms with Crippen LogP contribution < -0.4 is 10.2 Å². The summed E-state index contributed by atoms with van der Waals surface area (Å²) in [6.07, 6.45) is 0. The Balaban J connectivity index is 1.45. The summed E-state index contributed by atoms with van der Waals surface area (Å²) in [6.45, 7) is 3.07. The van der Waals surface area contributed by atoms with Crippen molar-refractivity contribution >= 4 is 27.3 Å². The van der Waals surface area contributed by atoms with Crippen molar-refractivity contribution in [1.29, 1.82) is 0 Å². The second-order valence-electron chi connectivity index (χ2n) is 6.03. The summed E-state index contributed by atoms with van der Waals surface area (Å²) in [5.74, 6) is -0.00610. The highest BCUT2D eigenvalue weighted by Crippen LogP contribution is 2.20. The number of benzene rings is 1. The SMILES string of the molecule is O=C(C[NH+]1CCN(S(=O)(=O)c2cccs2)CC1)NCc1ccccc1. The molecule has 0 atom stereocenters. The summed E-state index contributed by atoms with van der Waals surface area (Å²) in [5.41, 5.74) is 1.07. The molecule has 25 heavy (non-hydrogen) atoms. The zero-order chi connectivity index (χ0) is 17.7. The van der Waals surface area contributed by atoms with Gasteiger partial charge in [-0.1, -0.05) is 36.4 Å². The number of sulfonamides is 1. The number of amides is 1. The summed E-state index contributed by atoms with van der Waals surface area (Å²) < 4.78 is 26.9. The number of piperazine rings is 1. The lowest BCUT2D eigenvalue weighted by Gasteiger charge is -2.30. The first-order valence-corrected chi connectivity index (χ1v) is 10.6. The third kappa shape index (κ3) is 4.66. The molecule has 1 fully saturated rings. The largest absolute Gasteiger partial charge is 0.347 e. The van der Waals surface area contributed by atoms with E-state index in [1.54, 1.807) is 17.5 Å². The molecule has 3 rings (SSSR count). The number of quaternary nitrogens is 1. The number of carbonyl (C=O) groups is 1. The molecule has 2 heterocycles. The van der Waals surface area contributed by atoms with Gasteiger partial charge in [-0.25, -0.2) is 8.42 Å². The molecule has 1 aliphatic heterocycles. The van der Waals surface area contributed by atoms with E-state index in [2.05, 4.69) is 5.32 Å². The van der Waals surface area contributed by atoms with Crippen LogP contribution >= 0.6 is 11.3 Å². The van der Waals surface area contributed by atoms with Crippen LogP contribution in [-0.2, 0) is 21.4 Å². The van der Waals surface area contributed by atoms with Gasteiger partial charge in [-0.2, -0.15) is 4.31 Å². The quantitative estimate of drug-likeness (QED) is 0.738. The number of carbonyl (C=O) groups excluding carboxylic acids is 1. The molecule has 1 aliphatic rings. The van der Waals surface area contributed by atoms with Gasteiger partial charge in [-0.05, 0) is 17.0 Å². The highest BCUT2D eigenvalue weighted by Gasteiger charge is 2.31. The molecule has 1 aromatic heterocycles. The van der Waals surface area contributed by atoms with E-state index in [1.165, 1.54) is 15.6 Å². The van der Waals surface area contributed by atoms with E-state index in [-0.39, 0.29) is 5.91 Å². The van der Waals surface area contributed by atoms with E-state index in [9.17, 15) is 13.2 Å². The first-order valence-electron chi connectivity index (χ1n) is 8.23. The van der Waals surface area contributed by atoms with Crippen LogP contribution in [0, 0.1) is 0 Å². The average molecular weight is 381 g/mol. The maximum absolute atomic E-state index is 12.5. The van der Waals surface area contributed by atoms with Crippen molar-refractivity contribution in [2.24, 2.45) is 0 Å². The standard InChI is InChI=1S/C17H21N3O3S2/c21-16(18-13-15-5-2-1-3-6-15)14-19-8-10-20(11-9-19)25(22,23)17-7-4-12-24-17/h1-7,12H,8-11,13-14H2,(H,18,21)/p+1. The fraction of sp³-hybridized carbons (Fsp3) is 0.353. The molecule has 0 saturated carbocycles. The van der Waals surface area contributed by atoms with Crippen LogP contribution in [0.25, 0.3) is 0 Å². The van der Waals surface area contributed by atoms with Crippen molar-refractivity contribution < 1.29 is 18.1 Å². The van der Waals surface area contributed by atoms with Crippen LogP contribution in [-0.4, -0.2) is 51.4 Å². The van der Waals surface area contributed by atoms with Crippen molar-refractivity contribution in [1.82, 2.24) is 9.62 Å². The lowest BCUT2D eigenvalue weighted by atomic mass is 10.2. The zero-order valence-corrected chi connectivity index (χ0v) is 15.5. The Labute approximate surface area is 152 Å². The lowest BCUT2D eigenvalue weighted by Crippen LogP contribution is -3.15. The Kier molecular flexibility index (Phi) is 5.85. The van der Waals surface area contributed by atoms with Gasteiger partial charge < -0.3 is 10.2 Å². The molecule has 0 spiro atoms. The monoisotopic (exact) mass is 380 g/mol. The smallest absolute Gasteiger partial charge is 0.275 e. The van der Waals surface area contributed by atoms with Gasteiger partial charge in [-0.3, -0.25) is 4.79 Å². The van der Waals surface area contributed by atoms with Crippen LogP contribution in [0.1, 0.15) is 5.56 Å². The Bertz CT molecular complexity index is 784. The van der Waals surface area contributed by atoms with Crippen LogP contribution in [0.15, 0.2) is 52.1 Å². The lowest BCUT2D eigenvalue weighted by molar-refractivity contribution is -0.895. The number of nitrogens with zero attached hydrogens (tertiary/aromatic N) is 1. The Morgan fingerprint density at radius 1 is 1.12 bits per heavy atom. The van der Waals surface area contributed by atoms with Crippen LogP contribution in [0.5, 0.6) is 0 Å². The van der Waals surface area contributed by atoms with Crippen molar-refractivity contribution in [3.8, 4) is 0 Å². The van der Waals surface area contributed by atoms with Gasteiger partial charge in [0.1, 0.15) is 4.21 Å². The summed E-state index contributed by atoms with van der Waals surface area (Å²) in [4.78, 5) is 13.2. The van der Waals surface area contributed by atoms with Crippen LogP contribution in [0.3, 0.4) is 0 Å². The number of nitrogens with one attached hydrogen (secondary N) is 2. The third-order valence-electron chi connectivity index (χ3n) is 4.26. The molecule has 0 bridgehead atoms. The van der Waals surface area contributed by atoms with Crippen molar-refractivity contribution in [2.75, 3.05) is 32.7 Å². The van der Waals surface area contributed by atoms with Gasteiger partial charge in [0.25, 0.3) is 15.9 Å². The fourth-order valence-electron chi connectivity index (χ4n) is 2.84. The van der Waals surface area contributed by atoms with Gasteiger partial charge in [0.15, 0.2) is 6.54 Å². The van der Waals surface area contributed by atoms with Gasteiger partial charge in [0, 0.05) is 6.54 Å². The molecule has 0 radical (unpaired) electrons. The first-order chi connectivity index (χ1) is 12.1. The molecule has 1 saturated heterocycles. The van der Waals surface area contributed by atoms with E-state index >= 15 is 0 Å². The number of thiophene rings is 1. The molecule has 0 aliphatic carbocycles. The molecular formula is C17H22N3O3S2+. The first kappa shape index (κ1) is 18.1. The highest BCUT2D eigenvalue weighted by atomic mass is 32.2. The van der Waals surface area contributed by atoms with E-state index < -0.39 is 10.0 Å². The number of rotatable bonds is 6. The second kappa shape index (κ2) is 8.09. The molecule has 2 N–H and O–H groups in total. The minimum atomic E-state index is -3.38. The zero-order valence-electron chi connectivity index (χ0n) is 13.8. The predicted molar refractivity (Wildman–Crippen MR) is 96.9 cm³/mol. The van der Waals surface area contributed by atoms with Crippen molar-refractivity contribution in [2.45, 2.75) is 10.8 Å². The van der Waals surface area contributed by atoms with Crippen molar-refractivity contribution in [3.05, 3.63) is 53.4 Å². The van der Waals surface area contributed by atoms with Gasteiger partial charge in [-0.15, -0.1) is 11.3 Å². The minimum Gasteiger partial charge on any atom is -0.347 e. The van der Waals surface area contributed by atoms with E-state index in [0.717, 1.165) is 10.5 Å². The average Bonchev–Trinajstić information content (AvgIpc) is 3.17. The number of hydrogen-bond donors (Lipinski definition) is 2. The fourth-order valence-corrected chi connectivity index (χ4v) is 5.43. The second-order valence-corrected chi connectivity index (χ2v) is 9.14. The van der Waals surface area contributed by atoms with E-state index in [0.29, 0.717) is 43.5 Å². The minimum absolute atomic E-state index is 0.00610. The molecule has 0 unspecified atom stereocenters. The molecule has 6 nitrogen and oxygen atoms in total. The topological polar surface area (TPSA) is 70.9 Å². The normalized spacial score (nSPS) is 16.6. The summed E-state index contributed by atoms with van der Waals surface area (Å²) in [7, 11) is -3.38. The molecule has 1 amide bonds. The maximum Gasteiger partial charge on any atom is 0.275 e. The molecular weight excluding hydrogens is 358 g/mol. The maximum atomic E-state index is 12.5. The van der Waals surface area contributed by atoms with Crippen molar-refractivity contribution in [3.63, 3.8) is 0 Å². The molecule has 1 aromatic carbocycles. The molecule has 2 aromatic rings. The predicted octanol–water partition coefficient (Wildman–Crippen LogP) is -0.0463. The summed E-state index contributed by atoms with van der Waals surface area (Å²) in [6, 6.07) is 13.2. The molecule has 134 valence electrons. The van der Waals surface area contributed by atoms with E-state index in [1.807, 2.05) is 30.3 Å².